The molecule has 4 nitrogen and oxygen atoms in total. The molecule has 0 saturated carbocycles. The largest absolute Gasteiger partial charge is 0.491 e. The van der Waals surface area contributed by atoms with E-state index in [4.69, 9.17) is 10.00 Å². The maximum absolute atomic E-state index is 11.8. The minimum Gasteiger partial charge on any atom is -0.491 e. The summed E-state index contributed by atoms with van der Waals surface area (Å²) in [5.74, 6) is 0.883. The molecule has 3 rings (SSSR count). The highest BCUT2D eigenvalue weighted by Crippen LogP contribution is 2.24. The number of nitrogens with zero attached hydrogens (tertiary/aromatic N) is 1. The first-order chi connectivity index (χ1) is 12.2. The smallest absolute Gasteiger partial charge is 0.223 e. The van der Waals surface area contributed by atoms with Gasteiger partial charge in [0.15, 0.2) is 0 Å². The molecule has 1 fully saturated rings. The van der Waals surface area contributed by atoms with E-state index >= 15 is 0 Å². The fourth-order valence-corrected chi connectivity index (χ4v) is 3.02. The van der Waals surface area contributed by atoms with Crippen LogP contribution in [0.5, 0.6) is 5.75 Å². The summed E-state index contributed by atoms with van der Waals surface area (Å²) in [5, 5.41) is 11.8. The Kier molecular flexibility index (Phi) is 5.15. The normalized spacial score (nSPS) is 19.1. The Labute approximate surface area is 147 Å². The molecule has 0 aromatic heterocycles. The minimum absolute atomic E-state index is 0.0184. The van der Waals surface area contributed by atoms with Crippen molar-refractivity contribution in [1.82, 2.24) is 5.32 Å². The molecule has 0 unspecified atom stereocenters. The van der Waals surface area contributed by atoms with Crippen LogP contribution in [0.4, 0.5) is 0 Å². The third-order valence-corrected chi connectivity index (χ3v) is 4.39. The van der Waals surface area contributed by atoms with E-state index in [2.05, 4.69) is 18.0 Å². The van der Waals surface area contributed by atoms with Crippen molar-refractivity contribution in [3.8, 4) is 22.9 Å². The van der Waals surface area contributed by atoms with Gasteiger partial charge in [-0.05, 0) is 48.2 Å². The van der Waals surface area contributed by atoms with Gasteiger partial charge in [0, 0.05) is 5.92 Å². The van der Waals surface area contributed by atoms with Gasteiger partial charge >= 0.3 is 0 Å². The zero-order valence-electron chi connectivity index (χ0n) is 13.9. The second-order valence-electron chi connectivity index (χ2n) is 6.19. The molecule has 4 heteroatoms. The number of allylic oxidation sites excluding steroid dienone is 1. The molecule has 1 saturated heterocycles. The van der Waals surface area contributed by atoms with E-state index in [9.17, 15) is 4.79 Å². The summed E-state index contributed by atoms with van der Waals surface area (Å²) >= 11 is 0. The van der Waals surface area contributed by atoms with Gasteiger partial charge in [-0.3, -0.25) is 4.79 Å². The molecule has 1 heterocycles. The average Bonchev–Trinajstić information content (AvgIpc) is 3.00. The van der Waals surface area contributed by atoms with E-state index in [1.54, 1.807) is 6.08 Å². The Morgan fingerprint density at radius 1 is 1.16 bits per heavy atom. The maximum atomic E-state index is 11.8. The molecular formula is C21H20N2O2. The van der Waals surface area contributed by atoms with Gasteiger partial charge in [0.1, 0.15) is 12.4 Å². The monoisotopic (exact) mass is 332 g/mol. The predicted molar refractivity (Wildman–Crippen MR) is 96.9 cm³/mol. The lowest BCUT2D eigenvalue weighted by atomic mass is 10.0. The van der Waals surface area contributed by atoms with Crippen LogP contribution in [-0.2, 0) is 4.79 Å². The van der Waals surface area contributed by atoms with Crippen LogP contribution in [0.1, 0.15) is 18.4 Å². The fourth-order valence-electron chi connectivity index (χ4n) is 3.02. The van der Waals surface area contributed by atoms with Crippen LogP contribution < -0.4 is 10.1 Å². The number of carbonyl (C=O) groups is 1. The van der Waals surface area contributed by atoms with Crippen molar-refractivity contribution in [2.45, 2.75) is 18.9 Å². The van der Waals surface area contributed by atoms with Crippen LogP contribution in [0.2, 0.25) is 0 Å². The highest BCUT2D eigenvalue weighted by molar-refractivity contribution is 5.81. The molecule has 126 valence electrons. The van der Waals surface area contributed by atoms with E-state index in [1.165, 1.54) is 0 Å². The van der Waals surface area contributed by atoms with Crippen LogP contribution >= 0.6 is 0 Å². The zero-order valence-corrected chi connectivity index (χ0v) is 13.9. The van der Waals surface area contributed by atoms with Crippen molar-refractivity contribution >= 4 is 5.91 Å². The second-order valence-corrected chi connectivity index (χ2v) is 6.19. The lowest BCUT2D eigenvalue weighted by molar-refractivity contribution is -0.122. The second kappa shape index (κ2) is 7.67. The van der Waals surface area contributed by atoms with Gasteiger partial charge in [0.2, 0.25) is 5.91 Å². The van der Waals surface area contributed by atoms with Crippen LogP contribution in [0, 0.1) is 17.2 Å². The summed E-state index contributed by atoms with van der Waals surface area (Å²) in [7, 11) is 0. The predicted octanol–water partition coefficient (Wildman–Crippen LogP) is 3.68. The van der Waals surface area contributed by atoms with E-state index < -0.39 is 0 Å². The lowest BCUT2D eigenvalue weighted by Crippen LogP contribution is -2.31. The molecule has 1 aliphatic heterocycles. The molecule has 1 aliphatic rings. The molecular weight excluding hydrogens is 312 g/mol. The number of nitrogens with one attached hydrogen (secondary N) is 1. The highest BCUT2D eigenvalue weighted by Gasteiger charge is 2.31. The molecule has 0 bridgehead atoms. The van der Waals surface area contributed by atoms with Crippen molar-refractivity contribution in [3.05, 3.63) is 66.7 Å². The number of amides is 1. The molecule has 2 atom stereocenters. The number of hydrogen-bond acceptors (Lipinski definition) is 3. The Bertz CT molecular complexity index is 788. The highest BCUT2D eigenvalue weighted by atomic mass is 16.5. The Morgan fingerprint density at radius 2 is 1.80 bits per heavy atom. The summed E-state index contributed by atoms with van der Waals surface area (Å²) in [6.45, 7) is 4.16. The Balaban J connectivity index is 1.57. The molecule has 2 aromatic carbocycles. The first kappa shape index (κ1) is 16.8. The summed E-state index contributed by atoms with van der Waals surface area (Å²) in [5.41, 5.74) is 2.77. The third-order valence-electron chi connectivity index (χ3n) is 4.39. The number of carbonyl (C=O) groups excluding carboxylic acids is 1. The quantitative estimate of drug-likeness (QED) is 0.821. The van der Waals surface area contributed by atoms with Gasteiger partial charge in [0.05, 0.1) is 17.7 Å². The number of nitriles is 1. The van der Waals surface area contributed by atoms with Crippen LogP contribution in [-0.4, -0.2) is 18.6 Å². The van der Waals surface area contributed by atoms with Gasteiger partial charge in [-0.15, -0.1) is 6.58 Å². The van der Waals surface area contributed by atoms with Gasteiger partial charge in [-0.25, -0.2) is 0 Å². The molecule has 0 spiro atoms. The van der Waals surface area contributed by atoms with Crippen molar-refractivity contribution in [2.75, 3.05) is 6.61 Å². The topological polar surface area (TPSA) is 62.1 Å². The van der Waals surface area contributed by atoms with E-state index in [0.29, 0.717) is 18.6 Å². The summed E-state index contributed by atoms with van der Waals surface area (Å²) in [6, 6.07) is 17.5. The third kappa shape index (κ3) is 4.07. The molecule has 0 radical (unpaired) electrons. The zero-order chi connectivity index (χ0) is 17.6. The first-order valence-corrected chi connectivity index (χ1v) is 8.34. The van der Waals surface area contributed by atoms with Crippen LogP contribution in [0.15, 0.2) is 61.2 Å². The van der Waals surface area contributed by atoms with E-state index in [0.717, 1.165) is 23.3 Å². The van der Waals surface area contributed by atoms with Crippen molar-refractivity contribution in [3.63, 3.8) is 0 Å². The number of rotatable bonds is 6. The Hall–Kier alpha value is -3.06. The standard InChI is InChI=1S/C21H20N2O2/c1-2-3-18-12-19(23-21(18)24)14-25-20-10-8-17(9-11-20)16-6-4-15(13-22)5-7-16/h2,4-11,18-19H,1,3,12,14H2,(H,23,24)/t18-,19+/m0/s1. The molecule has 1 N–H and O–H groups in total. The number of ether oxygens (including phenoxy) is 1. The van der Waals surface area contributed by atoms with Gasteiger partial charge in [0.25, 0.3) is 0 Å². The summed E-state index contributed by atoms with van der Waals surface area (Å²) < 4.78 is 5.81. The van der Waals surface area contributed by atoms with Gasteiger partial charge in [-0.1, -0.05) is 30.3 Å². The van der Waals surface area contributed by atoms with Crippen molar-refractivity contribution in [1.29, 1.82) is 5.26 Å². The Morgan fingerprint density at radius 3 is 2.40 bits per heavy atom. The van der Waals surface area contributed by atoms with Gasteiger partial charge < -0.3 is 10.1 Å². The number of benzene rings is 2. The fraction of sp³-hybridized carbons (Fsp3) is 0.238. The number of hydrogen-bond donors (Lipinski definition) is 1. The molecule has 0 aliphatic carbocycles. The average molecular weight is 332 g/mol. The first-order valence-electron chi connectivity index (χ1n) is 8.34. The van der Waals surface area contributed by atoms with Crippen molar-refractivity contribution < 1.29 is 9.53 Å². The maximum Gasteiger partial charge on any atom is 0.223 e. The SMILES string of the molecule is C=CC[C@H]1C[C@H](COc2ccc(-c3ccc(C#N)cc3)cc2)NC1=O. The van der Waals surface area contributed by atoms with Gasteiger partial charge in [-0.2, -0.15) is 5.26 Å². The summed E-state index contributed by atoms with van der Waals surface area (Å²) in [6.07, 6.45) is 3.28. The molecule has 1 amide bonds. The molecule has 25 heavy (non-hydrogen) atoms. The summed E-state index contributed by atoms with van der Waals surface area (Å²) in [4.78, 5) is 11.8. The van der Waals surface area contributed by atoms with E-state index in [1.807, 2.05) is 48.5 Å². The molecule has 2 aromatic rings. The van der Waals surface area contributed by atoms with Crippen LogP contribution in [0.3, 0.4) is 0 Å². The minimum atomic E-state index is 0.0184. The lowest BCUT2D eigenvalue weighted by Gasteiger charge is -2.12. The van der Waals surface area contributed by atoms with Crippen molar-refractivity contribution in [2.24, 2.45) is 5.92 Å². The van der Waals surface area contributed by atoms with Crippen LogP contribution in [0.25, 0.3) is 11.1 Å². The van der Waals surface area contributed by atoms with E-state index in [-0.39, 0.29) is 17.9 Å².